The zero-order valence-corrected chi connectivity index (χ0v) is 15.1. The van der Waals surface area contributed by atoms with Crippen LogP contribution in [0.15, 0.2) is 40.9 Å². The molecule has 0 saturated carbocycles. The number of methoxy groups -OCH3 is 1. The highest BCUT2D eigenvalue weighted by atomic mass is 16.5. The third kappa shape index (κ3) is 4.09. The fraction of sp³-hybridized carbons (Fsp3) is 0.368. The van der Waals surface area contributed by atoms with Crippen molar-refractivity contribution in [2.24, 2.45) is 0 Å². The summed E-state index contributed by atoms with van der Waals surface area (Å²) < 4.78 is 12.9. The van der Waals surface area contributed by atoms with E-state index in [-0.39, 0.29) is 6.04 Å². The monoisotopic (exact) mass is 340 g/mol. The number of aryl methyl sites for hydroxylation is 2. The Morgan fingerprint density at radius 1 is 1.24 bits per heavy atom. The molecule has 0 aliphatic heterocycles. The van der Waals surface area contributed by atoms with Gasteiger partial charge in [0.15, 0.2) is 5.76 Å². The van der Waals surface area contributed by atoms with Crippen LogP contribution in [0.1, 0.15) is 24.1 Å². The van der Waals surface area contributed by atoms with Gasteiger partial charge in [0.05, 0.1) is 25.9 Å². The van der Waals surface area contributed by atoms with Gasteiger partial charge in [0, 0.05) is 23.4 Å². The maximum absolute atomic E-state index is 5.46. The van der Waals surface area contributed by atoms with Crippen LogP contribution < -0.4 is 10.1 Å². The molecule has 0 aliphatic rings. The molecule has 0 aliphatic carbocycles. The van der Waals surface area contributed by atoms with E-state index < -0.39 is 0 Å². The smallest absolute Gasteiger partial charge is 0.151 e. The lowest BCUT2D eigenvalue weighted by Crippen LogP contribution is -2.30. The van der Waals surface area contributed by atoms with E-state index in [1.807, 2.05) is 41.9 Å². The summed E-state index contributed by atoms with van der Waals surface area (Å²) in [6.07, 6.45) is 0. The average Bonchev–Trinajstić information content (AvgIpc) is 3.19. The van der Waals surface area contributed by atoms with E-state index >= 15 is 0 Å². The van der Waals surface area contributed by atoms with Crippen molar-refractivity contribution in [3.05, 3.63) is 53.5 Å². The molecule has 2 heterocycles. The molecule has 1 atom stereocenters. The highest BCUT2D eigenvalue weighted by Gasteiger charge is 2.12. The Kier molecular flexibility index (Phi) is 5.19. The van der Waals surface area contributed by atoms with E-state index in [0.29, 0.717) is 6.54 Å². The van der Waals surface area contributed by atoms with Gasteiger partial charge >= 0.3 is 0 Å². The van der Waals surface area contributed by atoms with Crippen molar-refractivity contribution in [2.45, 2.75) is 39.9 Å². The third-order valence-electron chi connectivity index (χ3n) is 4.12. The Labute approximate surface area is 147 Å². The summed E-state index contributed by atoms with van der Waals surface area (Å²) in [5, 5.41) is 12.1. The lowest BCUT2D eigenvalue weighted by molar-refractivity contribution is 0.356. The first kappa shape index (κ1) is 17.2. The standard InChI is InChI=1S/C19H24N4O2/c1-13-9-15(3)23(21-13)12-14(2)20-11-16-10-18(22-25-16)17-7-5-6-8-19(17)24-4/h5-10,14,20H,11-12H2,1-4H3/t14-/m0/s1. The van der Waals surface area contributed by atoms with Crippen LogP contribution in [0.2, 0.25) is 0 Å². The average molecular weight is 340 g/mol. The second-order valence-electron chi connectivity index (χ2n) is 6.27. The Morgan fingerprint density at radius 2 is 2.04 bits per heavy atom. The van der Waals surface area contributed by atoms with Crippen LogP contribution >= 0.6 is 0 Å². The van der Waals surface area contributed by atoms with Crippen LogP contribution in [0.3, 0.4) is 0 Å². The first-order valence-corrected chi connectivity index (χ1v) is 8.40. The minimum atomic E-state index is 0.262. The maximum atomic E-state index is 5.46. The van der Waals surface area contributed by atoms with Crippen LogP contribution in [0, 0.1) is 13.8 Å². The van der Waals surface area contributed by atoms with Crippen molar-refractivity contribution >= 4 is 0 Å². The van der Waals surface area contributed by atoms with Gasteiger partial charge in [-0.2, -0.15) is 5.10 Å². The summed E-state index contributed by atoms with van der Waals surface area (Å²) in [4.78, 5) is 0. The van der Waals surface area contributed by atoms with E-state index in [0.717, 1.165) is 35.0 Å². The van der Waals surface area contributed by atoms with Crippen LogP contribution in [-0.4, -0.2) is 28.1 Å². The SMILES string of the molecule is COc1ccccc1-c1cc(CN[C@@H](C)Cn2nc(C)cc2C)on1. The van der Waals surface area contributed by atoms with E-state index in [9.17, 15) is 0 Å². The molecular weight excluding hydrogens is 316 g/mol. The van der Waals surface area contributed by atoms with Crippen LogP contribution in [0.5, 0.6) is 5.75 Å². The fourth-order valence-electron chi connectivity index (χ4n) is 2.84. The zero-order valence-electron chi connectivity index (χ0n) is 15.1. The van der Waals surface area contributed by atoms with Crippen molar-refractivity contribution < 1.29 is 9.26 Å². The predicted octanol–water partition coefficient (Wildman–Crippen LogP) is 3.34. The molecule has 6 nitrogen and oxygen atoms in total. The minimum Gasteiger partial charge on any atom is -0.496 e. The van der Waals surface area contributed by atoms with Crippen LogP contribution in [-0.2, 0) is 13.1 Å². The number of benzene rings is 1. The molecule has 1 aromatic carbocycles. The van der Waals surface area contributed by atoms with Gasteiger partial charge in [-0.15, -0.1) is 0 Å². The summed E-state index contributed by atoms with van der Waals surface area (Å²) in [6, 6.07) is 12.1. The Bertz CT molecular complexity index is 838. The van der Waals surface area contributed by atoms with Gasteiger partial charge in [0.2, 0.25) is 0 Å². The van der Waals surface area contributed by atoms with Crippen molar-refractivity contribution in [3.8, 4) is 17.0 Å². The van der Waals surface area contributed by atoms with Gasteiger partial charge < -0.3 is 14.6 Å². The molecule has 132 valence electrons. The number of nitrogens with zero attached hydrogens (tertiary/aromatic N) is 3. The highest BCUT2D eigenvalue weighted by molar-refractivity contribution is 5.66. The van der Waals surface area contributed by atoms with Gasteiger partial charge in [-0.1, -0.05) is 17.3 Å². The van der Waals surface area contributed by atoms with Gasteiger partial charge in [-0.25, -0.2) is 0 Å². The molecular formula is C19H24N4O2. The summed E-state index contributed by atoms with van der Waals surface area (Å²) in [7, 11) is 1.65. The van der Waals surface area contributed by atoms with Crippen LogP contribution in [0.4, 0.5) is 0 Å². The normalized spacial score (nSPS) is 12.3. The van der Waals surface area contributed by atoms with Crippen molar-refractivity contribution in [3.63, 3.8) is 0 Å². The molecule has 25 heavy (non-hydrogen) atoms. The number of rotatable bonds is 7. The molecule has 0 amide bonds. The van der Waals surface area contributed by atoms with E-state index in [4.69, 9.17) is 9.26 Å². The Morgan fingerprint density at radius 3 is 2.76 bits per heavy atom. The second-order valence-corrected chi connectivity index (χ2v) is 6.27. The van der Waals surface area contributed by atoms with Gasteiger partial charge in [-0.05, 0) is 39.0 Å². The number of hydrogen-bond donors (Lipinski definition) is 1. The summed E-state index contributed by atoms with van der Waals surface area (Å²) >= 11 is 0. The van der Waals surface area contributed by atoms with Crippen molar-refractivity contribution in [2.75, 3.05) is 7.11 Å². The summed E-state index contributed by atoms with van der Waals surface area (Å²) in [5.41, 5.74) is 3.92. The predicted molar refractivity (Wildman–Crippen MR) is 96.5 cm³/mol. The lowest BCUT2D eigenvalue weighted by Gasteiger charge is -2.13. The van der Waals surface area contributed by atoms with Crippen molar-refractivity contribution in [1.29, 1.82) is 0 Å². The molecule has 1 N–H and O–H groups in total. The number of para-hydroxylation sites is 1. The van der Waals surface area contributed by atoms with Crippen LogP contribution in [0.25, 0.3) is 11.3 Å². The van der Waals surface area contributed by atoms with E-state index in [2.05, 4.69) is 35.5 Å². The molecule has 0 saturated heterocycles. The molecule has 6 heteroatoms. The topological polar surface area (TPSA) is 65.1 Å². The minimum absolute atomic E-state index is 0.262. The second kappa shape index (κ2) is 7.53. The Hall–Kier alpha value is -2.60. The molecule has 0 bridgehead atoms. The highest BCUT2D eigenvalue weighted by Crippen LogP contribution is 2.28. The molecule has 0 spiro atoms. The number of nitrogens with one attached hydrogen (secondary N) is 1. The first-order chi connectivity index (χ1) is 12.1. The number of aromatic nitrogens is 3. The quantitative estimate of drug-likeness (QED) is 0.714. The number of ether oxygens (including phenoxy) is 1. The number of hydrogen-bond acceptors (Lipinski definition) is 5. The molecule has 3 aromatic rings. The lowest BCUT2D eigenvalue weighted by atomic mass is 10.1. The zero-order chi connectivity index (χ0) is 17.8. The van der Waals surface area contributed by atoms with Gasteiger partial charge in [0.25, 0.3) is 0 Å². The summed E-state index contributed by atoms with van der Waals surface area (Å²) in [6.45, 7) is 7.64. The summed E-state index contributed by atoms with van der Waals surface area (Å²) in [5.74, 6) is 1.58. The maximum Gasteiger partial charge on any atom is 0.151 e. The molecule has 0 radical (unpaired) electrons. The van der Waals surface area contributed by atoms with Gasteiger partial charge in [-0.3, -0.25) is 4.68 Å². The van der Waals surface area contributed by atoms with E-state index in [1.165, 1.54) is 5.69 Å². The van der Waals surface area contributed by atoms with Crippen molar-refractivity contribution in [1.82, 2.24) is 20.3 Å². The molecule has 2 aromatic heterocycles. The fourth-order valence-corrected chi connectivity index (χ4v) is 2.84. The molecule has 3 rings (SSSR count). The molecule has 0 fully saturated rings. The third-order valence-corrected chi connectivity index (χ3v) is 4.12. The molecule has 0 unspecified atom stereocenters. The first-order valence-electron chi connectivity index (χ1n) is 8.40. The largest absolute Gasteiger partial charge is 0.496 e. The van der Waals surface area contributed by atoms with Gasteiger partial charge in [0.1, 0.15) is 11.4 Å². The van der Waals surface area contributed by atoms with E-state index in [1.54, 1.807) is 7.11 Å². The Balaban J connectivity index is 1.61.